The van der Waals surface area contributed by atoms with Crippen LogP contribution >= 0.6 is 23.5 Å². The lowest BCUT2D eigenvalue weighted by atomic mass is 10.1. The predicted molar refractivity (Wildman–Crippen MR) is 89.1 cm³/mol. The number of amides is 1. The zero-order chi connectivity index (χ0) is 16.2. The molecule has 1 fully saturated rings. The number of nitrogens with one attached hydrogen (secondary N) is 1. The lowest BCUT2D eigenvalue weighted by molar-refractivity contribution is -0.650. The van der Waals surface area contributed by atoms with E-state index in [1.165, 1.54) is 11.8 Å². The third-order valence-corrected chi connectivity index (χ3v) is 5.46. The highest BCUT2D eigenvalue weighted by atomic mass is 32.2. The molecule has 1 saturated heterocycles. The lowest BCUT2D eigenvalue weighted by Gasteiger charge is -2.42. The third kappa shape index (κ3) is 3.64. The van der Waals surface area contributed by atoms with Gasteiger partial charge in [-0.15, -0.1) is 11.8 Å². The number of carbonyl (C=O) groups is 2. The highest BCUT2D eigenvalue weighted by Gasteiger charge is 2.43. The number of thioether (sulfide) groups is 2. The van der Waals surface area contributed by atoms with E-state index in [0.717, 1.165) is 17.2 Å². The van der Waals surface area contributed by atoms with Crippen LogP contribution in [0.25, 0.3) is 0 Å². The van der Waals surface area contributed by atoms with E-state index >= 15 is 0 Å². The average Bonchev–Trinajstić information content (AvgIpc) is 2.55. The van der Waals surface area contributed by atoms with Gasteiger partial charge in [0.2, 0.25) is 18.3 Å². The van der Waals surface area contributed by atoms with Crippen molar-refractivity contribution in [2.24, 2.45) is 0 Å². The molecule has 1 aromatic rings. The molecular weight excluding hydrogens is 334 g/mol. The SMILES string of the molecule is CCN[n+]1ccc(SCOC(=O)C2=CCS[C@H]3CC(=O)N23)cc1. The van der Waals surface area contributed by atoms with Gasteiger partial charge in [0, 0.05) is 22.8 Å². The maximum atomic E-state index is 12.1. The Bertz CT molecular complexity index is 633. The van der Waals surface area contributed by atoms with Gasteiger partial charge >= 0.3 is 5.97 Å². The van der Waals surface area contributed by atoms with Crippen molar-refractivity contribution in [3.63, 3.8) is 0 Å². The smallest absolute Gasteiger partial charge is 0.355 e. The third-order valence-electron chi connectivity index (χ3n) is 3.49. The van der Waals surface area contributed by atoms with E-state index in [0.29, 0.717) is 12.1 Å². The molecule has 0 spiro atoms. The van der Waals surface area contributed by atoms with Crippen LogP contribution in [0.3, 0.4) is 0 Å². The number of ether oxygens (including phenoxy) is 1. The second-order valence-corrected chi connectivity index (χ2v) is 7.20. The van der Waals surface area contributed by atoms with E-state index in [1.807, 2.05) is 36.1 Å². The molecule has 0 bridgehead atoms. The summed E-state index contributed by atoms with van der Waals surface area (Å²) in [7, 11) is 0. The molecule has 0 aromatic carbocycles. The summed E-state index contributed by atoms with van der Waals surface area (Å²) in [6, 6.07) is 3.90. The molecule has 23 heavy (non-hydrogen) atoms. The molecule has 3 rings (SSSR count). The van der Waals surface area contributed by atoms with Crippen LogP contribution in [0, 0.1) is 0 Å². The van der Waals surface area contributed by atoms with Crippen LogP contribution in [0.5, 0.6) is 0 Å². The number of nitrogens with zero attached hydrogens (tertiary/aromatic N) is 2. The summed E-state index contributed by atoms with van der Waals surface area (Å²) < 4.78 is 7.17. The topological polar surface area (TPSA) is 62.5 Å². The van der Waals surface area contributed by atoms with Crippen molar-refractivity contribution in [3.8, 4) is 0 Å². The minimum absolute atomic E-state index is 0.00547. The van der Waals surface area contributed by atoms with Crippen LogP contribution in [0.2, 0.25) is 0 Å². The van der Waals surface area contributed by atoms with Crippen LogP contribution < -0.4 is 10.1 Å². The molecule has 0 unspecified atom stereocenters. The van der Waals surface area contributed by atoms with Crippen molar-refractivity contribution < 1.29 is 19.0 Å². The van der Waals surface area contributed by atoms with Gasteiger partial charge in [-0.1, -0.05) is 16.4 Å². The van der Waals surface area contributed by atoms with Gasteiger partial charge in [0.05, 0.1) is 18.3 Å². The summed E-state index contributed by atoms with van der Waals surface area (Å²) in [5.41, 5.74) is 3.54. The Labute approximate surface area is 143 Å². The minimum atomic E-state index is -0.422. The van der Waals surface area contributed by atoms with Crippen molar-refractivity contribution in [1.82, 2.24) is 4.90 Å². The molecule has 0 radical (unpaired) electrons. The highest BCUT2D eigenvalue weighted by Crippen LogP contribution is 2.37. The zero-order valence-electron chi connectivity index (χ0n) is 12.7. The predicted octanol–water partition coefficient (Wildman–Crippen LogP) is 1.32. The summed E-state index contributed by atoms with van der Waals surface area (Å²) >= 11 is 3.11. The van der Waals surface area contributed by atoms with Crippen molar-refractivity contribution >= 4 is 35.4 Å². The summed E-state index contributed by atoms with van der Waals surface area (Å²) in [6.07, 6.45) is 6.11. The Kier molecular flexibility index (Phi) is 5.12. The number of rotatable bonds is 6. The number of fused-ring (bicyclic) bond motifs is 1. The molecule has 3 heterocycles. The van der Waals surface area contributed by atoms with Gasteiger partial charge in [-0.05, 0) is 13.0 Å². The van der Waals surface area contributed by atoms with Gasteiger partial charge in [-0.3, -0.25) is 9.69 Å². The fourth-order valence-corrected chi connectivity index (χ4v) is 4.08. The van der Waals surface area contributed by atoms with E-state index in [4.69, 9.17) is 4.74 Å². The van der Waals surface area contributed by atoms with Crippen LogP contribution in [0.1, 0.15) is 13.3 Å². The number of aromatic nitrogens is 1. The van der Waals surface area contributed by atoms with Gasteiger partial charge in [-0.2, -0.15) is 5.43 Å². The average molecular weight is 352 g/mol. The normalized spacial score (nSPS) is 19.5. The molecule has 1 atom stereocenters. The maximum Gasteiger partial charge on any atom is 0.355 e. The first kappa shape index (κ1) is 16.2. The first-order valence-corrected chi connectivity index (χ1v) is 9.41. The van der Waals surface area contributed by atoms with Gasteiger partial charge in [0.25, 0.3) is 0 Å². The van der Waals surface area contributed by atoms with E-state index in [-0.39, 0.29) is 17.2 Å². The molecule has 1 aromatic heterocycles. The Hall–Kier alpha value is -1.67. The number of hydrogen-bond acceptors (Lipinski definition) is 6. The van der Waals surface area contributed by atoms with Crippen molar-refractivity contribution in [3.05, 3.63) is 36.3 Å². The van der Waals surface area contributed by atoms with Crippen molar-refractivity contribution in [2.75, 3.05) is 23.7 Å². The molecular formula is C15H18N3O3S2+. The Balaban J connectivity index is 1.49. The molecule has 1 amide bonds. The maximum absolute atomic E-state index is 12.1. The van der Waals surface area contributed by atoms with E-state index in [9.17, 15) is 9.59 Å². The number of hydrogen-bond donors (Lipinski definition) is 1. The molecule has 0 aliphatic carbocycles. The Morgan fingerprint density at radius 2 is 2.30 bits per heavy atom. The summed E-state index contributed by atoms with van der Waals surface area (Å²) in [5.74, 6) is 0.541. The van der Waals surface area contributed by atoms with E-state index in [1.54, 1.807) is 22.7 Å². The first-order valence-electron chi connectivity index (χ1n) is 7.38. The largest absolute Gasteiger partial charge is 0.450 e. The standard InChI is InChI=1S/C15H18N3O3S2/c1-2-16-17-6-3-11(4-7-17)23-10-21-15(20)12-5-8-22-14-9-13(19)18(12)14/h3-7,14,16H,2,8-10H2,1H3/q+1/t14-/m0/s1. The molecule has 122 valence electrons. The van der Waals surface area contributed by atoms with Crippen LogP contribution in [0.4, 0.5) is 0 Å². The fourth-order valence-electron chi connectivity index (χ4n) is 2.35. The van der Waals surface area contributed by atoms with Crippen LogP contribution in [-0.4, -0.2) is 40.4 Å². The first-order chi connectivity index (χ1) is 11.2. The molecule has 1 N–H and O–H groups in total. The molecule has 2 aliphatic rings. The van der Waals surface area contributed by atoms with Gasteiger partial charge in [0.1, 0.15) is 11.6 Å². The van der Waals surface area contributed by atoms with Crippen LogP contribution in [-0.2, 0) is 14.3 Å². The summed E-state index contributed by atoms with van der Waals surface area (Å²) in [5, 5.41) is 0.110. The quantitative estimate of drug-likeness (QED) is 0.274. The highest BCUT2D eigenvalue weighted by molar-refractivity contribution is 8.00. The monoisotopic (exact) mass is 352 g/mol. The number of pyridine rings is 1. The fraction of sp³-hybridized carbons (Fsp3) is 0.400. The lowest BCUT2D eigenvalue weighted by Crippen LogP contribution is -2.53. The second-order valence-electron chi connectivity index (χ2n) is 4.99. The second kappa shape index (κ2) is 7.27. The summed E-state index contributed by atoms with van der Waals surface area (Å²) in [4.78, 5) is 26.3. The number of esters is 1. The molecule has 2 aliphatic heterocycles. The molecule has 0 saturated carbocycles. The molecule has 8 heteroatoms. The Morgan fingerprint density at radius 3 is 3.00 bits per heavy atom. The van der Waals surface area contributed by atoms with Crippen molar-refractivity contribution in [2.45, 2.75) is 23.6 Å². The molecule has 6 nitrogen and oxygen atoms in total. The van der Waals surface area contributed by atoms with E-state index < -0.39 is 5.97 Å². The van der Waals surface area contributed by atoms with E-state index in [2.05, 4.69) is 5.43 Å². The summed E-state index contributed by atoms with van der Waals surface area (Å²) in [6.45, 7) is 2.87. The zero-order valence-corrected chi connectivity index (χ0v) is 14.4. The van der Waals surface area contributed by atoms with Crippen LogP contribution in [0.15, 0.2) is 41.2 Å². The van der Waals surface area contributed by atoms with Crippen molar-refractivity contribution in [1.29, 1.82) is 0 Å². The van der Waals surface area contributed by atoms with Gasteiger partial charge < -0.3 is 4.74 Å². The van der Waals surface area contributed by atoms with Gasteiger partial charge in [-0.25, -0.2) is 4.79 Å². The number of carbonyl (C=O) groups excluding carboxylic acids is 2. The minimum Gasteiger partial charge on any atom is -0.450 e. The number of β-lactam (4-membered cyclic amide) rings is 1. The Morgan fingerprint density at radius 1 is 1.52 bits per heavy atom. The van der Waals surface area contributed by atoms with Gasteiger partial charge in [0.15, 0.2) is 0 Å².